The van der Waals surface area contributed by atoms with Crippen LogP contribution in [0.25, 0.3) is 11.5 Å². The highest BCUT2D eigenvalue weighted by atomic mass is 16.4. The molecular weight excluding hydrogens is 274 g/mol. The molecule has 0 atom stereocenters. The van der Waals surface area contributed by atoms with Crippen LogP contribution in [0, 0.1) is 20.8 Å². The van der Waals surface area contributed by atoms with Crippen LogP contribution < -0.4 is 5.32 Å². The minimum atomic E-state index is 0.518. The van der Waals surface area contributed by atoms with Gasteiger partial charge in [0.05, 0.1) is 6.54 Å². The number of para-hydroxylation sites is 1. The molecule has 1 heterocycles. The molecule has 4 nitrogen and oxygen atoms in total. The standard InChI is InChI=1S/C18H19N3O/c1-12-7-9-15(10-8-12)18-21-20-16(22-18)11-19-17-13(2)5-4-6-14(17)3/h4-10,19H,11H2,1-3H3. The number of nitrogens with zero attached hydrogens (tertiary/aromatic N) is 2. The van der Waals surface area contributed by atoms with Crippen molar-refractivity contribution in [1.82, 2.24) is 10.2 Å². The predicted molar refractivity (Wildman–Crippen MR) is 87.7 cm³/mol. The number of hydrogen-bond donors (Lipinski definition) is 1. The molecule has 0 radical (unpaired) electrons. The van der Waals surface area contributed by atoms with Crippen molar-refractivity contribution in [2.45, 2.75) is 27.3 Å². The largest absolute Gasteiger partial charge is 0.419 e. The SMILES string of the molecule is Cc1ccc(-c2nnc(CNc3c(C)cccc3C)o2)cc1. The molecule has 0 unspecified atom stereocenters. The van der Waals surface area contributed by atoms with Crippen LogP contribution in [0.15, 0.2) is 46.9 Å². The molecule has 0 fully saturated rings. The number of nitrogens with one attached hydrogen (secondary N) is 1. The summed E-state index contributed by atoms with van der Waals surface area (Å²) in [6, 6.07) is 14.3. The minimum Gasteiger partial charge on any atom is -0.419 e. The topological polar surface area (TPSA) is 51.0 Å². The third kappa shape index (κ3) is 3.01. The maximum atomic E-state index is 5.73. The van der Waals surface area contributed by atoms with E-state index < -0.39 is 0 Å². The Morgan fingerprint density at radius 2 is 1.59 bits per heavy atom. The van der Waals surface area contributed by atoms with E-state index in [4.69, 9.17) is 4.42 Å². The number of hydrogen-bond acceptors (Lipinski definition) is 4. The molecule has 0 bridgehead atoms. The van der Waals surface area contributed by atoms with E-state index in [2.05, 4.69) is 54.5 Å². The summed E-state index contributed by atoms with van der Waals surface area (Å²) in [5, 5.41) is 11.6. The molecule has 1 aromatic heterocycles. The van der Waals surface area contributed by atoms with Gasteiger partial charge >= 0.3 is 0 Å². The molecule has 2 aromatic carbocycles. The summed E-state index contributed by atoms with van der Waals surface area (Å²) >= 11 is 0. The van der Waals surface area contributed by atoms with Gasteiger partial charge in [0, 0.05) is 11.3 Å². The quantitative estimate of drug-likeness (QED) is 0.780. The number of aromatic nitrogens is 2. The average Bonchev–Trinajstić information content (AvgIpc) is 2.96. The van der Waals surface area contributed by atoms with Gasteiger partial charge in [-0.15, -0.1) is 10.2 Å². The van der Waals surface area contributed by atoms with Gasteiger partial charge in [-0.1, -0.05) is 35.9 Å². The van der Waals surface area contributed by atoms with Crippen molar-refractivity contribution in [2.75, 3.05) is 5.32 Å². The first-order valence-corrected chi connectivity index (χ1v) is 7.33. The molecule has 0 spiro atoms. The summed E-state index contributed by atoms with van der Waals surface area (Å²) in [5.74, 6) is 1.14. The van der Waals surface area contributed by atoms with Crippen LogP contribution in [0.3, 0.4) is 0 Å². The van der Waals surface area contributed by atoms with E-state index >= 15 is 0 Å². The summed E-state index contributed by atoms with van der Waals surface area (Å²) in [6.07, 6.45) is 0. The highest BCUT2D eigenvalue weighted by molar-refractivity contribution is 5.56. The first-order chi connectivity index (χ1) is 10.6. The van der Waals surface area contributed by atoms with Crippen molar-refractivity contribution in [2.24, 2.45) is 0 Å². The Morgan fingerprint density at radius 1 is 0.909 bits per heavy atom. The van der Waals surface area contributed by atoms with Gasteiger partial charge in [0.1, 0.15) is 0 Å². The number of rotatable bonds is 4. The Bertz CT molecular complexity index is 755. The molecule has 0 aliphatic rings. The molecule has 0 aliphatic heterocycles. The summed E-state index contributed by atoms with van der Waals surface area (Å²) in [7, 11) is 0. The lowest BCUT2D eigenvalue weighted by molar-refractivity contribution is 0.515. The monoisotopic (exact) mass is 293 g/mol. The lowest BCUT2D eigenvalue weighted by Gasteiger charge is -2.10. The van der Waals surface area contributed by atoms with E-state index in [1.807, 2.05) is 24.3 Å². The molecule has 0 saturated carbocycles. The highest BCUT2D eigenvalue weighted by Gasteiger charge is 2.09. The van der Waals surface area contributed by atoms with Crippen LogP contribution in [-0.4, -0.2) is 10.2 Å². The van der Waals surface area contributed by atoms with E-state index in [1.165, 1.54) is 16.7 Å². The van der Waals surface area contributed by atoms with Gasteiger partial charge in [0.25, 0.3) is 0 Å². The van der Waals surface area contributed by atoms with E-state index in [-0.39, 0.29) is 0 Å². The maximum Gasteiger partial charge on any atom is 0.247 e. The zero-order valence-electron chi connectivity index (χ0n) is 13.1. The second-order valence-electron chi connectivity index (χ2n) is 5.49. The Kier molecular flexibility index (Phi) is 3.92. The highest BCUT2D eigenvalue weighted by Crippen LogP contribution is 2.21. The van der Waals surface area contributed by atoms with Crippen LogP contribution in [0.1, 0.15) is 22.6 Å². The van der Waals surface area contributed by atoms with E-state index in [1.54, 1.807) is 0 Å². The molecule has 0 saturated heterocycles. The van der Waals surface area contributed by atoms with Gasteiger partial charge in [-0.25, -0.2) is 0 Å². The smallest absolute Gasteiger partial charge is 0.247 e. The number of anilines is 1. The third-order valence-corrected chi connectivity index (χ3v) is 3.66. The second-order valence-corrected chi connectivity index (χ2v) is 5.49. The van der Waals surface area contributed by atoms with Crippen LogP contribution in [0.5, 0.6) is 0 Å². The molecule has 112 valence electrons. The Hall–Kier alpha value is -2.62. The summed E-state index contributed by atoms with van der Waals surface area (Å²) in [6.45, 7) is 6.74. The maximum absolute atomic E-state index is 5.73. The third-order valence-electron chi connectivity index (χ3n) is 3.66. The Balaban J connectivity index is 1.73. The molecule has 0 aliphatic carbocycles. The first-order valence-electron chi connectivity index (χ1n) is 7.33. The van der Waals surface area contributed by atoms with Crippen molar-refractivity contribution >= 4 is 5.69 Å². The lowest BCUT2D eigenvalue weighted by atomic mass is 10.1. The van der Waals surface area contributed by atoms with Crippen LogP contribution in [0.4, 0.5) is 5.69 Å². The molecule has 22 heavy (non-hydrogen) atoms. The first kappa shape index (κ1) is 14.3. The Morgan fingerprint density at radius 3 is 2.27 bits per heavy atom. The fourth-order valence-corrected chi connectivity index (χ4v) is 2.40. The second kappa shape index (κ2) is 6.02. The van der Waals surface area contributed by atoms with E-state index in [9.17, 15) is 0 Å². The van der Waals surface area contributed by atoms with Crippen LogP contribution in [0.2, 0.25) is 0 Å². The Labute approximate surface area is 130 Å². The van der Waals surface area contributed by atoms with Crippen LogP contribution in [-0.2, 0) is 6.54 Å². The molecule has 3 rings (SSSR count). The van der Waals surface area contributed by atoms with Gasteiger partial charge in [-0.3, -0.25) is 0 Å². The number of benzene rings is 2. The van der Waals surface area contributed by atoms with E-state index in [0.29, 0.717) is 18.3 Å². The predicted octanol–water partition coefficient (Wildman–Crippen LogP) is 4.27. The molecule has 0 amide bonds. The lowest BCUT2D eigenvalue weighted by Crippen LogP contribution is -2.03. The summed E-state index contributed by atoms with van der Waals surface area (Å²) < 4.78 is 5.73. The number of aryl methyl sites for hydroxylation is 3. The van der Waals surface area contributed by atoms with Crippen molar-refractivity contribution in [1.29, 1.82) is 0 Å². The van der Waals surface area contributed by atoms with E-state index in [0.717, 1.165) is 11.3 Å². The van der Waals surface area contributed by atoms with Crippen molar-refractivity contribution in [3.05, 3.63) is 65.0 Å². The van der Waals surface area contributed by atoms with Crippen LogP contribution >= 0.6 is 0 Å². The van der Waals surface area contributed by atoms with Gasteiger partial charge in [-0.05, 0) is 44.0 Å². The summed E-state index contributed by atoms with van der Waals surface area (Å²) in [5.41, 5.74) is 5.69. The normalized spacial score (nSPS) is 10.7. The molecule has 4 heteroatoms. The van der Waals surface area contributed by atoms with Crippen molar-refractivity contribution < 1.29 is 4.42 Å². The fraction of sp³-hybridized carbons (Fsp3) is 0.222. The zero-order valence-corrected chi connectivity index (χ0v) is 13.1. The van der Waals surface area contributed by atoms with Gasteiger partial charge < -0.3 is 9.73 Å². The summed E-state index contributed by atoms with van der Waals surface area (Å²) in [4.78, 5) is 0. The average molecular weight is 293 g/mol. The minimum absolute atomic E-state index is 0.518. The molecule has 3 aromatic rings. The van der Waals surface area contributed by atoms with Crippen molar-refractivity contribution in [3.8, 4) is 11.5 Å². The van der Waals surface area contributed by atoms with Gasteiger partial charge in [0.15, 0.2) is 0 Å². The zero-order chi connectivity index (χ0) is 15.5. The van der Waals surface area contributed by atoms with Gasteiger partial charge in [-0.2, -0.15) is 0 Å². The van der Waals surface area contributed by atoms with Gasteiger partial charge in [0.2, 0.25) is 11.8 Å². The molecule has 1 N–H and O–H groups in total. The molecular formula is C18H19N3O. The fourth-order valence-electron chi connectivity index (χ4n) is 2.40. The van der Waals surface area contributed by atoms with Crippen molar-refractivity contribution in [3.63, 3.8) is 0 Å².